The van der Waals surface area contributed by atoms with E-state index in [1.54, 1.807) is 20.3 Å². The van der Waals surface area contributed by atoms with Crippen molar-refractivity contribution in [3.8, 4) is 11.5 Å². The van der Waals surface area contributed by atoms with Crippen LogP contribution in [0.5, 0.6) is 11.5 Å². The van der Waals surface area contributed by atoms with Gasteiger partial charge in [0.05, 0.1) is 19.1 Å². The Morgan fingerprint density at radius 3 is 2.32 bits per heavy atom. The topological polar surface area (TPSA) is 97.2 Å². The number of nitrogens with zero attached hydrogens (tertiary/aromatic N) is 3. The lowest BCUT2D eigenvalue weighted by Crippen LogP contribution is -2.48. The Hall–Kier alpha value is -3.79. The quantitative estimate of drug-likeness (QED) is 0.287. The lowest BCUT2D eigenvalue weighted by Gasteiger charge is -2.36. The second-order valence-electron chi connectivity index (χ2n) is 8.61. The van der Waals surface area contributed by atoms with Gasteiger partial charge in [-0.2, -0.15) is 0 Å². The fraction of sp³-hybridized carbons (Fsp3) is 0.296. The Morgan fingerprint density at radius 1 is 0.973 bits per heavy atom. The van der Waals surface area contributed by atoms with Gasteiger partial charge < -0.3 is 24.6 Å². The molecule has 1 N–H and O–H groups in total. The zero-order valence-corrected chi connectivity index (χ0v) is 22.4. The van der Waals surface area contributed by atoms with Gasteiger partial charge in [-0.15, -0.1) is 0 Å². The molecular weight excluding hydrogens is 540 g/mol. The van der Waals surface area contributed by atoms with Gasteiger partial charge in [0.25, 0.3) is 11.6 Å². The Bertz CT molecular complexity index is 1260. The Morgan fingerprint density at radius 2 is 1.68 bits per heavy atom. The van der Waals surface area contributed by atoms with Crippen molar-refractivity contribution in [1.29, 1.82) is 0 Å². The second kappa shape index (κ2) is 12.0. The molecule has 0 radical (unpaired) electrons. The monoisotopic (exact) mass is 568 g/mol. The SMILES string of the molecule is COc1ccc(CCNc2cc(N3CCN(C(=O)c4ccc(Br)cc4)CC3)ccc2[N+](=O)[O-])cc1OC. The number of halogens is 1. The predicted octanol–water partition coefficient (Wildman–Crippen LogP) is 4.99. The number of hydrogen-bond donors (Lipinski definition) is 1. The van der Waals surface area contributed by atoms with Crippen molar-refractivity contribution in [2.75, 3.05) is 57.2 Å². The van der Waals surface area contributed by atoms with Crippen LogP contribution in [0, 0.1) is 10.1 Å². The van der Waals surface area contributed by atoms with Crippen LogP contribution in [0.2, 0.25) is 0 Å². The number of benzene rings is 3. The molecule has 1 saturated heterocycles. The van der Waals surface area contributed by atoms with Crippen molar-refractivity contribution in [1.82, 2.24) is 4.90 Å². The molecule has 1 amide bonds. The number of methoxy groups -OCH3 is 2. The summed E-state index contributed by atoms with van der Waals surface area (Å²) in [5.74, 6) is 1.31. The van der Waals surface area contributed by atoms with Gasteiger partial charge in [-0.05, 0) is 60.5 Å². The van der Waals surface area contributed by atoms with Crippen LogP contribution in [-0.4, -0.2) is 62.7 Å². The summed E-state index contributed by atoms with van der Waals surface area (Å²) in [6, 6.07) is 18.2. The lowest BCUT2D eigenvalue weighted by molar-refractivity contribution is -0.383. The van der Waals surface area contributed by atoms with E-state index in [-0.39, 0.29) is 16.5 Å². The van der Waals surface area contributed by atoms with E-state index in [9.17, 15) is 14.9 Å². The number of nitro groups is 1. The lowest BCUT2D eigenvalue weighted by atomic mass is 10.1. The summed E-state index contributed by atoms with van der Waals surface area (Å²) in [5.41, 5.74) is 3.06. The van der Waals surface area contributed by atoms with E-state index >= 15 is 0 Å². The van der Waals surface area contributed by atoms with Gasteiger partial charge >= 0.3 is 0 Å². The van der Waals surface area contributed by atoms with Gasteiger partial charge in [0.2, 0.25) is 0 Å². The highest BCUT2D eigenvalue weighted by molar-refractivity contribution is 9.10. The Kier molecular flexibility index (Phi) is 8.50. The summed E-state index contributed by atoms with van der Waals surface area (Å²) in [4.78, 5) is 28.1. The molecular formula is C27H29BrN4O5. The molecule has 3 aromatic carbocycles. The third-order valence-corrected chi connectivity index (χ3v) is 6.91. The standard InChI is InChI=1S/C27H29BrN4O5/c1-36-25-10-3-19(17-26(25)37-2)11-12-29-23-18-22(8-9-24(23)32(34)35)30-13-15-31(16-14-30)27(33)20-4-6-21(28)7-5-20/h3-10,17-18,29H,11-16H2,1-2H3. The summed E-state index contributed by atoms with van der Waals surface area (Å²) in [6.45, 7) is 2.95. The molecule has 37 heavy (non-hydrogen) atoms. The molecule has 0 atom stereocenters. The summed E-state index contributed by atoms with van der Waals surface area (Å²) < 4.78 is 11.6. The van der Waals surface area contributed by atoms with E-state index in [0.717, 1.165) is 15.7 Å². The molecule has 4 rings (SSSR count). The van der Waals surface area contributed by atoms with Gasteiger partial charge in [0, 0.05) is 54.5 Å². The highest BCUT2D eigenvalue weighted by atomic mass is 79.9. The molecule has 1 fully saturated rings. The van der Waals surface area contributed by atoms with Crippen molar-refractivity contribution in [2.45, 2.75) is 6.42 Å². The van der Waals surface area contributed by atoms with Gasteiger partial charge in [0.1, 0.15) is 5.69 Å². The number of hydrogen-bond acceptors (Lipinski definition) is 7. The van der Waals surface area contributed by atoms with Gasteiger partial charge in [-0.3, -0.25) is 14.9 Å². The number of carbonyl (C=O) groups excluding carboxylic acids is 1. The van der Waals surface area contributed by atoms with Crippen LogP contribution >= 0.6 is 15.9 Å². The molecule has 1 heterocycles. The maximum absolute atomic E-state index is 12.8. The van der Waals surface area contributed by atoms with Gasteiger partial charge in [0.15, 0.2) is 11.5 Å². The van der Waals surface area contributed by atoms with Crippen molar-refractivity contribution in [3.63, 3.8) is 0 Å². The first kappa shape index (κ1) is 26.3. The minimum atomic E-state index is -0.378. The minimum absolute atomic E-state index is 0.00775. The third kappa shape index (κ3) is 6.32. The zero-order valence-electron chi connectivity index (χ0n) is 20.8. The number of carbonyl (C=O) groups is 1. The highest BCUT2D eigenvalue weighted by Gasteiger charge is 2.24. The second-order valence-corrected chi connectivity index (χ2v) is 9.53. The van der Waals surface area contributed by atoms with Crippen LogP contribution in [-0.2, 0) is 6.42 Å². The maximum Gasteiger partial charge on any atom is 0.292 e. The first-order valence-electron chi connectivity index (χ1n) is 11.9. The summed E-state index contributed by atoms with van der Waals surface area (Å²) >= 11 is 3.39. The van der Waals surface area contributed by atoms with Crippen LogP contribution < -0.4 is 19.7 Å². The summed E-state index contributed by atoms with van der Waals surface area (Å²) in [6.07, 6.45) is 0.651. The predicted molar refractivity (Wildman–Crippen MR) is 147 cm³/mol. The average molecular weight is 569 g/mol. The fourth-order valence-corrected chi connectivity index (χ4v) is 4.61. The van der Waals surface area contributed by atoms with E-state index in [1.165, 1.54) is 6.07 Å². The smallest absolute Gasteiger partial charge is 0.292 e. The Balaban J connectivity index is 1.40. The van der Waals surface area contributed by atoms with E-state index in [4.69, 9.17) is 9.47 Å². The maximum atomic E-state index is 12.8. The molecule has 0 spiro atoms. The summed E-state index contributed by atoms with van der Waals surface area (Å²) in [7, 11) is 3.18. The van der Waals surface area contributed by atoms with Crippen LogP contribution in [0.25, 0.3) is 0 Å². The average Bonchev–Trinajstić information content (AvgIpc) is 2.93. The van der Waals surface area contributed by atoms with Crippen molar-refractivity contribution >= 4 is 38.9 Å². The zero-order chi connectivity index (χ0) is 26.4. The Labute approximate surface area is 224 Å². The largest absolute Gasteiger partial charge is 0.493 e. The molecule has 0 aromatic heterocycles. The molecule has 3 aromatic rings. The number of nitro benzene ring substituents is 1. The number of piperazine rings is 1. The van der Waals surface area contributed by atoms with Crippen LogP contribution in [0.1, 0.15) is 15.9 Å². The number of rotatable bonds is 9. The molecule has 0 bridgehead atoms. The minimum Gasteiger partial charge on any atom is -0.493 e. The molecule has 9 nitrogen and oxygen atoms in total. The van der Waals surface area contributed by atoms with E-state index < -0.39 is 0 Å². The fourth-order valence-electron chi connectivity index (χ4n) is 4.34. The number of amides is 1. The van der Waals surface area contributed by atoms with E-state index in [0.29, 0.717) is 61.9 Å². The third-order valence-electron chi connectivity index (χ3n) is 6.38. The van der Waals surface area contributed by atoms with Crippen molar-refractivity contribution in [3.05, 3.63) is 86.4 Å². The molecule has 1 aliphatic heterocycles. The van der Waals surface area contributed by atoms with Crippen LogP contribution in [0.3, 0.4) is 0 Å². The van der Waals surface area contributed by atoms with Gasteiger partial charge in [-0.25, -0.2) is 0 Å². The summed E-state index contributed by atoms with van der Waals surface area (Å²) in [5, 5.41) is 14.9. The number of anilines is 2. The first-order valence-corrected chi connectivity index (χ1v) is 12.7. The van der Waals surface area contributed by atoms with Crippen LogP contribution in [0.4, 0.5) is 17.1 Å². The van der Waals surface area contributed by atoms with E-state index in [2.05, 4.69) is 26.1 Å². The van der Waals surface area contributed by atoms with Gasteiger partial charge in [-0.1, -0.05) is 22.0 Å². The molecule has 194 valence electrons. The van der Waals surface area contributed by atoms with Crippen molar-refractivity contribution in [2.24, 2.45) is 0 Å². The van der Waals surface area contributed by atoms with Crippen LogP contribution in [0.15, 0.2) is 65.1 Å². The normalized spacial score (nSPS) is 13.3. The molecule has 0 aliphatic carbocycles. The highest BCUT2D eigenvalue weighted by Crippen LogP contribution is 2.31. The number of ether oxygens (including phenoxy) is 2. The molecule has 10 heteroatoms. The molecule has 0 saturated carbocycles. The number of nitrogens with one attached hydrogen (secondary N) is 1. The molecule has 1 aliphatic rings. The molecule has 0 unspecified atom stereocenters. The van der Waals surface area contributed by atoms with Crippen molar-refractivity contribution < 1.29 is 19.2 Å². The van der Waals surface area contributed by atoms with E-state index in [1.807, 2.05) is 53.4 Å². The first-order chi connectivity index (χ1) is 17.9.